The Bertz CT molecular complexity index is 2970. The number of hydrogen-bond donors (Lipinski definition) is 7. The molecule has 3 aliphatic heterocycles. The number of nitrogens with two attached hydrogens (primary N) is 1. The smallest absolute Gasteiger partial charge is 0.410 e. The van der Waals surface area contributed by atoms with Gasteiger partial charge in [-0.3, -0.25) is 28.9 Å². The molecule has 8 amide bonds. The minimum Gasteiger partial charge on any atom is -0.445 e. The van der Waals surface area contributed by atoms with Crippen molar-refractivity contribution in [3.8, 4) is 11.8 Å². The molecule has 0 saturated carbocycles. The Labute approximate surface area is 430 Å². The number of ether oxygens (including phenoxy) is 2. The van der Waals surface area contributed by atoms with Crippen molar-refractivity contribution in [1.82, 2.24) is 50.7 Å². The number of carbonyl (C=O) groups excluding carboxylic acids is 7. The first-order valence-electron chi connectivity index (χ1n) is 25.0. The molecule has 2 aromatic carbocycles. The van der Waals surface area contributed by atoms with E-state index < -0.39 is 41.8 Å². The first-order chi connectivity index (χ1) is 36.0. The number of aromatic nitrogens is 5. The molecule has 3 aliphatic rings. The summed E-state index contributed by atoms with van der Waals surface area (Å²) in [5.74, 6) is -1.46. The number of imide groups is 1. The van der Waals surface area contributed by atoms with E-state index in [0.29, 0.717) is 102 Å². The van der Waals surface area contributed by atoms with E-state index in [-0.39, 0.29) is 74.1 Å². The highest BCUT2D eigenvalue weighted by molar-refractivity contribution is 6.15. The summed E-state index contributed by atoms with van der Waals surface area (Å²) in [6.07, 6.45) is 7.83. The number of carbonyl (C=O) groups is 7. The lowest BCUT2D eigenvalue weighted by molar-refractivity contribution is -0.137. The lowest BCUT2D eigenvalue weighted by Gasteiger charge is -2.25. The number of nitrogens with one attached hydrogen (secondary N) is 6. The topological polar surface area (TPSA) is 301 Å². The van der Waals surface area contributed by atoms with Crippen LogP contribution in [0.2, 0.25) is 0 Å². The molecule has 3 aromatic heterocycles. The van der Waals surface area contributed by atoms with Gasteiger partial charge in [0.2, 0.25) is 17.7 Å². The van der Waals surface area contributed by atoms with Crippen LogP contribution in [0.3, 0.4) is 0 Å². The van der Waals surface area contributed by atoms with E-state index in [9.17, 15) is 33.6 Å². The first-order valence-corrected chi connectivity index (χ1v) is 25.0. The number of fused-ring (bicyclic) bond motifs is 4. The molecule has 23 nitrogen and oxygen atoms in total. The molecule has 6 heterocycles. The molecule has 2 saturated heterocycles. The summed E-state index contributed by atoms with van der Waals surface area (Å²) in [5, 5.41) is 15.1. The fourth-order valence-electron chi connectivity index (χ4n) is 9.55. The van der Waals surface area contributed by atoms with Crippen LogP contribution >= 0.6 is 0 Å². The largest absolute Gasteiger partial charge is 0.445 e. The average molecular weight is 1030 g/mol. The Morgan fingerprint density at radius 2 is 1.68 bits per heavy atom. The van der Waals surface area contributed by atoms with Crippen LogP contribution in [0.25, 0.3) is 21.9 Å². The number of amides is 8. The Hall–Kier alpha value is -8.44. The molecule has 0 bridgehead atoms. The lowest BCUT2D eigenvalue weighted by atomic mass is 10.0. The summed E-state index contributed by atoms with van der Waals surface area (Å²) < 4.78 is 26.9. The van der Waals surface area contributed by atoms with Crippen molar-refractivity contribution in [2.75, 3.05) is 55.3 Å². The molecular weight excluding hydrogens is 972 g/mol. The molecule has 75 heavy (non-hydrogen) atoms. The van der Waals surface area contributed by atoms with Gasteiger partial charge in [0, 0.05) is 75.3 Å². The monoisotopic (exact) mass is 1030 g/mol. The highest BCUT2D eigenvalue weighted by Crippen LogP contribution is 2.41. The normalized spacial score (nSPS) is 16.9. The van der Waals surface area contributed by atoms with E-state index in [1.165, 1.54) is 36.7 Å². The summed E-state index contributed by atoms with van der Waals surface area (Å²) in [6, 6.07) is 6.61. The van der Waals surface area contributed by atoms with Crippen molar-refractivity contribution in [3.63, 3.8) is 0 Å². The molecular formula is C51H61FN14O9. The van der Waals surface area contributed by atoms with Crippen LogP contribution in [-0.4, -0.2) is 134 Å². The van der Waals surface area contributed by atoms with Gasteiger partial charge >= 0.3 is 18.1 Å². The van der Waals surface area contributed by atoms with Crippen LogP contribution in [0.5, 0.6) is 11.8 Å². The Morgan fingerprint density at radius 1 is 0.933 bits per heavy atom. The third-order valence-corrected chi connectivity index (χ3v) is 13.4. The number of likely N-dealkylation sites (tertiary alicyclic amines) is 1. The van der Waals surface area contributed by atoms with Crippen LogP contribution in [0.1, 0.15) is 70.2 Å². The predicted molar refractivity (Wildman–Crippen MR) is 274 cm³/mol. The number of nitrogens with zero attached hydrogens (tertiary/aromatic N) is 7. The van der Waals surface area contributed by atoms with Gasteiger partial charge in [-0.1, -0.05) is 32.4 Å². The van der Waals surface area contributed by atoms with Gasteiger partial charge in [0.1, 0.15) is 41.8 Å². The molecule has 5 aromatic rings. The maximum atomic E-state index is 15.0. The van der Waals surface area contributed by atoms with Gasteiger partial charge < -0.3 is 56.6 Å². The van der Waals surface area contributed by atoms with Gasteiger partial charge in [-0.15, -0.1) is 0 Å². The quantitative estimate of drug-likeness (QED) is 0.0370. The van der Waals surface area contributed by atoms with Gasteiger partial charge in [0.05, 0.1) is 35.0 Å². The second-order valence-corrected chi connectivity index (χ2v) is 19.1. The highest BCUT2D eigenvalue weighted by atomic mass is 19.1. The zero-order valence-electron chi connectivity index (χ0n) is 42.1. The lowest BCUT2D eigenvalue weighted by Crippen LogP contribution is -2.54. The molecule has 396 valence electrons. The number of benzene rings is 2. The van der Waals surface area contributed by atoms with Crippen molar-refractivity contribution in [1.29, 1.82) is 0 Å². The number of unbranched alkanes of at least 4 members (excludes halogenated alkanes) is 2. The van der Waals surface area contributed by atoms with E-state index in [0.717, 1.165) is 11.3 Å². The van der Waals surface area contributed by atoms with E-state index in [4.69, 9.17) is 20.2 Å². The van der Waals surface area contributed by atoms with Crippen molar-refractivity contribution >= 4 is 80.8 Å². The number of aromatic amines is 1. The fourth-order valence-corrected chi connectivity index (χ4v) is 9.55. The average Bonchev–Trinajstić information content (AvgIpc) is 4.18. The van der Waals surface area contributed by atoms with E-state index in [1.54, 1.807) is 57.0 Å². The summed E-state index contributed by atoms with van der Waals surface area (Å²) in [7, 11) is 1.71. The maximum Gasteiger partial charge on any atom is 0.410 e. The van der Waals surface area contributed by atoms with Crippen LogP contribution < -0.4 is 42.0 Å². The fraction of sp³-hybridized carbons (Fsp3) is 0.431. The van der Waals surface area contributed by atoms with Gasteiger partial charge in [0.15, 0.2) is 5.75 Å². The number of aryl methyl sites for hydroxylation is 1. The second kappa shape index (κ2) is 23.6. The molecule has 4 atom stereocenters. The third-order valence-electron chi connectivity index (χ3n) is 13.4. The van der Waals surface area contributed by atoms with Crippen LogP contribution in [0, 0.1) is 24.6 Å². The van der Waals surface area contributed by atoms with E-state index in [2.05, 4.69) is 51.4 Å². The zero-order valence-corrected chi connectivity index (χ0v) is 42.1. The molecule has 8 N–H and O–H groups in total. The van der Waals surface area contributed by atoms with Crippen molar-refractivity contribution in [3.05, 3.63) is 78.1 Å². The molecule has 0 aliphatic carbocycles. The molecule has 2 fully saturated rings. The second-order valence-electron chi connectivity index (χ2n) is 19.1. The number of urea groups is 1. The third kappa shape index (κ3) is 12.9. The Morgan fingerprint density at radius 3 is 2.39 bits per heavy atom. The summed E-state index contributed by atoms with van der Waals surface area (Å²) >= 11 is 0. The number of hydrogen-bond acceptors (Lipinski definition) is 15. The van der Waals surface area contributed by atoms with Gasteiger partial charge in [-0.25, -0.2) is 23.9 Å². The maximum absolute atomic E-state index is 15.0. The molecule has 0 unspecified atom stereocenters. The molecule has 0 radical (unpaired) electrons. The SMILES string of the molecule is CNc1cc(F)cc2c1[nH]c1nc(Oc3cnc(C)nc3)nc(N3C[C@@H]4CCN(C(=O)OCc5ccc(NC(=O)[C@H](CCCNC(N)=O)NC(=O)[C@@H](NC(=O)CCCCCN6C(=O)C=CC6=O)C(C)C)cc5)[C@@H]4C3)c12. The standard InChI is InChI=1S/C51H61FN14O9/c1-28(2)43(60-39(67)10-6-5-7-19-66-40(68)15-16-41(66)69)48(71)59-36(9-8-18-55-49(53)72)47(70)58-33-13-11-30(12-14-33)27-74-51(73)65-20-17-31-25-64(26-38(31)65)46-42-35-21-32(52)22-37(54-4)44(35)61-45(42)62-50(63-46)75-34-23-56-29(3)57-24-34/h11-16,21-24,28,31,36,38,43,54H,5-10,17-20,25-27H2,1-4H3,(H,58,70)(H,59,71)(H,60,67)(H3,53,55,72)(H,61,62,63)/t31-,36-,38+,43-/m0/s1. The van der Waals surface area contributed by atoms with Crippen LogP contribution in [-0.2, 0) is 35.3 Å². The Kier molecular flexibility index (Phi) is 16.6. The molecule has 24 heteroatoms. The predicted octanol–water partition coefficient (Wildman–Crippen LogP) is 4.53. The number of primary amides is 1. The van der Waals surface area contributed by atoms with Gasteiger partial charge in [0.25, 0.3) is 11.8 Å². The van der Waals surface area contributed by atoms with Crippen molar-refractivity contribution < 1.29 is 47.4 Å². The van der Waals surface area contributed by atoms with Crippen LogP contribution in [0.15, 0.2) is 60.9 Å². The number of halogens is 1. The number of H-pyrrole nitrogens is 1. The Balaban J connectivity index is 0.864. The minimum atomic E-state index is -1.06. The summed E-state index contributed by atoms with van der Waals surface area (Å²) in [6.45, 7) is 7.10. The van der Waals surface area contributed by atoms with E-state index in [1.807, 2.05) is 0 Å². The zero-order chi connectivity index (χ0) is 53.3. The van der Waals surface area contributed by atoms with Crippen molar-refractivity contribution in [2.45, 2.75) is 90.4 Å². The summed E-state index contributed by atoms with van der Waals surface area (Å²) in [5.41, 5.74) is 7.91. The minimum absolute atomic E-state index is 0.0367. The van der Waals surface area contributed by atoms with Crippen molar-refractivity contribution in [2.24, 2.45) is 17.6 Å². The van der Waals surface area contributed by atoms with Gasteiger partial charge in [-0.05, 0) is 74.8 Å². The van der Waals surface area contributed by atoms with Gasteiger partial charge in [-0.2, -0.15) is 9.97 Å². The molecule has 0 spiro atoms. The highest BCUT2D eigenvalue weighted by Gasteiger charge is 2.45. The first kappa shape index (κ1) is 52.9. The van der Waals surface area contributed by atoms with Crippen LogP contribution in [0.4, 0.5) is 31.2 Å². The number of anilines is 3. The van der Waals surface area contributed by atoms with E-state index >= 15 is 4.39 Å². The summed E-state index contributed by atoms with van der Waals surface area (Å²) in [4.78, 5) is 115. The number of rotatable bonds is 22. The molecule has 8 rings (SSSR count).